The van der Waals surface area contributed by atoms with Gasteiger partial charge in [0.05, 0.1) is 21.8 Å². The first-order valence-corrected chi connectivity index (χ1v) is 14.7. The van der Waals surface area contributed by atoms with E-state index in [0.717, 1.165) is 73.9 Å². The standard InChI is InChI=1S/C27H33NO4S2/c1-4-5-20-14-18(2)25(19(3)15-20)26-23(29)16-27(17-24(26)32-34(31)22-8-9-22)10-12-28(13-11-27)33(30)21-6-7-21/h14-15,21-22H,6-13,16-17H2,1-3H3. The molecule has 0 N–H and O–H groups in total. The van der Waals surface area contributed by atoms with Gasteiger partial charge in [-0.25, -0.2) is 12.7 Å². The summed E-state index contributed by atoms with van der Waals surface area (Å²) in [7, 11) is -0.894. The van der Waals surface area contributed by atoms with Crippen molar-refractivity contribution >= 4 is 33.4 Å². The molecule has 4 aliphatic rings. The first kappa shape index (κ1) is 24.0. The summed E-state index contributed by atoms with van der Waals surface area (Å²) in [6, 6.07) is 4.04. The van der Waals surface area contributed by atoms with Gasteiger partial charge in [0.2, 0.25) is 11.1 Å². The summed E-state index contributed by atoms with van der Waals surface area (Å²) in [5.74, 6) is 6.72. The Morgan fingerprint density at radius 3 is 2.18 bits per heavy atom. The molecule has 1 aromatic carbocycles. The van der Waals surface area contributed by atoms with Gasteiger partial charge in [-0.1, -0.05) is 5.92 Å². The summed E-state index contributed by atoms with van der Waals surface area (Å²) in [6.45, 7) is 7.32. The lowest BCUT2D eigenvalue weighted by Gasteiger charge is -2.43. The monoisotopic (exact) mass is 499 g/mol. The minimum atomic E-state index is -1.41. The molecule has 1 heterocycles. The smallest absolute Gasteiger partial charge is 0.209 e. The van der Waals surface area contributed by atoms with E-state index in [0.29, 0.717) is 29.4 Å². The highest BCUT2D eigenvalue weighted by Gasteiger charge is 2.46. The van der Waals surface area contributed by atoms with Crippen molar-refractivity contribution in [3.63, 3.8) is 0 Å². The number of rotatable bonds is 6. The summed E-state index contributed by atoms with van der Waals surface area (Å²) >= 11 is -1.41. The zero-order valence-corrected chi connectivity index (χ0v) is 21.9. The number of hydrogen-bond acceptors (Lipinski definition) is 4. The SMILES string of the molecule is CC#Cc1cc(C)c(C2=C(OS(=O)C3CC3)CC3(CCN(S(=O)C4CC4)CC3)CC2=O)c(C)c1. The van der Waals surface area contributed by atoms with Crippen LogP contribution < -0.4 is 0 Å². The summed E-state index contributed by atoms with van der Waals surface area (Å²) in [5.41, 5.74) is 4.21. The molecule has 1 aliphatic heterocycles. The Balaban J connectivity index is 1.48. The minimum absolute atomic E-state index is 0.0753. The molecule has 3 aliphatic carbocycles. The molecule has 5 rings (SSSR count). The van der Waals surface area contributed by atoms with E-state index in [1.165, 1.54) is 0 Å². The number of carbonyl (C=O) groups excluding carboxylic acids is 1. The maximum Gasteiger partial charge on any atom is 0.209 e. The van der Waals surface area contributed by atoms with Crippen molar-refractivity contribution in [3.05, 3.63) is 40.1 Å². The van der Waals surface area contributed by atoms with Crippen LogP contribution in [0.1, 0.15) is 80.5 Å². The van der Waals surface area contributed by atoms with Crippen molar-refractivity contribution in [2.75, 3.05) is 13.1 Å². The van der Waals surface area contributed by atoms with Gasteiger partial charge in [-0.2, -0.15) is 0 Å². The number of ketones is 1. The van der Waals surface area contributed by atoms with E-state index in [1.807, 2.05) is 32.9 Å². The lowest BCUT2D eigenvalue weighted by molar-refractivity contribution is -0.117. The highest BCUT2D eigenvalue weighted by atomic mass is 32.2. The molecule has 182 valence electrons. The molecule has 5 nitrogen and oxygen atoms in total. The maximum absolute atomic E-state index is 13.8. The van der Waals surface area contributed by atoms with Gasteiger partial charge in [0.25, 0.3) is 0 Å². The molecule has 0 bridgehead atoms. The number of hydrogen-bond donors (Lipinski definition) is 0. The zero-order valence-electron chi connectivity index (χ0n) is 20.3. The third-order valence-corrected chi connectivity index (χ3v) is 10.8. The van der Waals surface area contributed by atoms with E-state index in [9.17, 15) is 13.2 Å². The summed E-state index contributed by atoms with van der Waals surface area (Å²) in [4.78, 5) is 13.8. The van der Waals surface area contributed by atoms with Gasteiger partial charge < -0.3 is 4.18 Å². The second-order valence-corrected chi connectivity index (χ2v) is 13.5. The molecule has 2 unspecified atom stereocenters. The summed E-state index contributed by atoms with van der Waals surface area (Å²) in [6.07, 6.45) is 6.66. The van der Waals surface area contributed by atoms with E-state index >= 15 is 0 Å². The largest absolute Gasteiger partial charge is 0.404 e. The van der Waals surface area contributed by atoms with Gasteiger partial charge in [0, 0.05) is 36.7 Å². The number of nitrogens with zero attached hydrogens (tertiary/aromatic N) is 1. The summed E-state index contributed by atoms with van der Waals surface area (Å²) < 4.78 is 33.7. The fourth-order valence-corrected chi connectivity index (χ4v) is 7.90. The predicted molar refractivity (Wildman–Crippen MR) is 136 cm³/mol. The molecule has 1 spiro atoms. The van der Waals surface area contributed by atoms with Crippen LogP contribution in [-0.2, 0) is 31.0 Å². The van der Waals surface area contributed by atoms with Crippen LogP contribution in [0.25, 0.3) is 5.57 Å². The Kier molecular flexibility index (Phi) is 6.60. The van der Waals surface area contributed by atoms with Crippen LogP contribution in [0.2, 0.25) is 0 Å². The number of aryl methyl sites for hydroxylation is 2. The first-order chi connectivity index (χ1) is 16.3. The number of carbonyl (C=O) groups is 1. The van der Waals surface area contributed by atoms with Gasteiger partial charge in [0.15, 0.2) is 5.78 Å². The molecule has 2 saturated carbocycles. The van der Waals surface area contributed by atoms with Crippen molar-refractivity contribution in [2.24, 2.45) is 5.41 Å². The third-order valence-electron chi connectivity index (χ3n) is 7.51. The Bertz CT molecular complexity index is 1140. The lowest BCUT2D eigenvalue weighted by Crippen LogP contribution is -2.44. The highest BCUT2D eigenvalue weighted by Crippen LogP contribution is 2.49. The van der Waals surface area contributed by atoms with Crippen LogP contribution >= 0.6 is 0 Å². The molecule has 0 radical (unpaired) electrons. The zero-order chi connectivity index (χ0) is 24.0. The highest BCUT2D eigenvalue weighted by molar-refractivity contribution is 7.83. The molecule has 0 aromatic heterocycles. The van der Waals surface area contributed by atoms with Gasteiger partial charge in [-0.15, -0.1) is 5.92 Å². The molecular formula is C27H33NO4S2. The van der Waals surface area contributed by atoms with Crippen molar-refractivity contribution in [1.29, 1.82) is 0 Å². The molecular weight excluding hydrogens is 466 g/mol. The lowest BCUT2D eigenvalue weighted by atomic mass is 9.67. The van der Waals surface area contributed by atoms with Crippen LogP contribution in [-0.4, -0.2) is 42.1 Å². The van der Waals surface area contributed by atoms with Crippen LogP contribution in [0.15, 0.2) is 17.9 Å². The average Bonchev–Trinajstić information content (AvgIpc) is 3.69. The second kappa shape index (κ2) is 9.37. The summed E-state index contributed by atoms with van der Waals surface area (Å²) in [5, 5.41) is 0.411. The van der Waals surface area contributed by atoms with E-state index in [2.05, 4.69) is 16.1 Å². The fourth-order valence-electron chi connectivity index (χ4n) is 5.40. The number of piperidine rings is 1. The van der Waals surface area contributed by atoms with Gasteiger partial charge >= 0.3 is 0 Å². The third kappa shape index (κ3) is 4.82. The van der Waals surface area contributed by atoms with Crippen LogP contribution in [0.5, 0.6) is 0 Å². The Morgan fingerprint density at radius 1 is 1.00 bits per heavy atom. The molecule has 0 amide bonds. The van der Waals surface area contributed by atoms with Crippen molar-refractivity contribution < 1.29 is 17.4 Å². The quantitative estimate of drug-likeness (QED) is 0.541. The van der Waals surface area contributed by atoms with E-state index in [1.54, 1.807) is 0 Å². The van der Waals surface area contributed by atoms with Crippen LogP contribution in [0, 0.1) is 31.1 Å². The first-order valence-electron chi connectivity index (χ1n) is 12.4. The fraction of sp³-hybridized carbons (Fsp3) is 0.593. The molecule has 3 fully saturated rings. The predicted octanol–water partition coefficient (Wildman–Crippen LogP) is 4.50. The number of benzene rings is 1. The normalized spacial score (nSPS) is 24.5. The number of Topliss-reactive ketones (excluding diaryl/α,β-unsaturated/α-hetero) is 1. The molecule has 7 heteroatoms. The Labute approximate surface area is 208 Å². The molecule has 1 saturated heterocycles. The second-order valence-electron chi connectivity index (χ2n) is 10.4. The van der Waals surface area contributed by atoms with E-state index in [-0.39, 0.29) is 16.4 Å². The van der Waals surface area contributed by atoms with Crippen LogP contribution in [0.3, 0.4) is 0 Å². The van der Waals surface area contributed by atoms with Gasteiger partial charge in [-0.05, 0) is 93.5 Å². The topological polar surface area (TPSA) is 63.7 Å². The molecule has 2 atom stereocenters. The molecule has 34 heavy (non-hydrogen) atoms. The van der Waals surface area contributed by atoms with E-state index in [4.69, 9.17) is 4.18 Å². The Morgan fingerprint density at radius 2 is 1.62 bits per heavy atom. The van der Waals surface area contributed by atoms with Crippen molar-refractivity contribution in [1.82, 2.24) is 4.31 Å². The van der Waals surface area contributed by atoms with Crippen molar-refractivity contribution in [3.8, 4) is 11.8 Å². The van der Waals surface area contributed by atoms with Gasteiger partial charge in [0.1, 0.15) is 5.76 Å². The minimum Gasteiger partial charge on any atom is -0.404 e. The number of allylic oxidation sites excluding steroid dienone is 2. The van der Waals surface area contributed by atoms with Crippen molar-refractivity contribution in [2.45, 2.75) is 82.6 Å². The Hall–Kier alpha value is -1.75. The van der Waals surface area contributed by atoms with E-state index < -0.39 is 22.1 Å². The van der Waals surface area contributed by atoms with Crippen LogP contribution in [0.4, 0.5) is 0 Å². The maximum atomic E-state index is 13.8. The van der Waals surface area contributed by atoms with Gasteiger partial charge in [-0.3, -0.25) is 4.79 Å². The average molecular weight is 500 g/mol. The molecule has 1 aromatic rings.